The van der Waals surface area contributed by atoms with Crippen LogP contribution in [0, 0.1) is 18.3 Å². The van der Waals surface area contributed by atoms with E-state index in [0.29, 0.717) is 12.0 Å². The molecule has 7 nitrogen and oxygen atoms in total. The quantitative estimate of drug-likeness (QED) is 0.494. The van der Waals surface area contributed by atoms with Gasteiger partial charge in [0.25, 0.3) is 11.8 Å². The minimum Gasteiger partial charge on any atom is -0.474 e. The molecule has 2 heterocycles. The Morgan fingerprint density at radius 2 is 2.11 bits per heavy atom. The summed E-state index contributed by atoms with van der Waals surface area (Å²) in [6.07, 6.45) is 6.80. The van der Waals surface area contributed by atoms with Crippen LogP contribution in [0.2, 0.25) is 0 Å². The van der Waals surface area contributed by atoms with Gasteiger partial charge in [-0.2, -0.15) is 0 Å². The van der Waals surface area contributed by atoms with Gasteiger partial charge in [-0.15, -0.1) is 6.42 Å². The number of terminal acetylenes is 1. The van der Waals surface area contributed by atoms with Crippen molar-refractivity contribution in [3.8, 4) is 12.3 Å². The highest BCUT2D eigenvalue weighted by atomic mass is 16.5. The molecule has 0 spiro atoms. The van der Waals surface area contributed by atoms with E-state index in [-0.39, 0.29) is 23.9 Å². The SMILES string of the molecule is C#CCN1C(=O)C(C)=CC1O/C=C1/C(=O)N(C(=O)O)C2c3ccccc3CC12. The second-order valence-electron chi connectivity index (χ2n) is 7.00. The van der Waals surface area contributed by atoms with Gasteiger partial charge in [-0.05, 0) is 30.5 Å². The van der Waals surface area contributed by atoms with Crippen molar-refractivity contribution in [2.24, 2.45) is 5.92 Å². The summed E-state index contributed by atoms with van der Waals surface area (Å²) in [5.74, 6) is 1.28. The molecule has 0 radical (unpaired) electrons. The van der Waals surface area contributed by atoms with Crippen LogP contribution in [0.1, 0.15) is 24.1 Å². The van der Waals surface area contributed by atoms with E-state index in [1.807, 2.05) is 24.3 Å². The van der Waals surface area contributed by atoms with Gasteiger partial charge in [0, 0.05) is 11.5 Å². The molecule has 142 valence electrons. The number of benzene rings is 1. The van der Waals surface area contributed by atoms with Gasteiger partial charge in [-0.25, -0.2) is 9.69 Å². The molecule has 2 aliphatic heterocycles. The first-order chi connectivity index (χ1) is 13.4. The van der Waals surface area contributed by atoms with E-state index >= 15 is 0 Å². The first-order valence-electron chi connectivity index (χ1n) is 8.86. The molecule has 1 aromatic carbocycles. The zero-order valence-electron chi connectivity index (χ0n) is 15.2. The molecule has 4 rings (SSSR count). The van der Waals surface area contributed by atoms with Gasteiger partial charge >= 0.3 is 6.09 Å². The topological polar surface area (TPSA) is 87.2 Å². The molecular formula is C21H18N2O5. The summed E-state index contributed by atoms with van der Waals surface area (Å²) >= 11 is 0. The Labute approximate surface area is 161 Å². The summed E-state index contributed by atoms with van der Waals surface area (Å²) < 4.78 is 5.73. The van der Waals surface area contributed by atoms with Gasteiger partial charge in [0.05, 0.1) is 24.4 Å². The third-order valence-corrected chi connectivity index (χ3v) is 5.44. The number of amides is 3. The molecule has 1 aromatic rings. The zero-order chi connectivity index (χ0) is 20.0. The summed E-state index contributed by atoms with van der Waals surface area (Å²) in [7, 11) is 0. The van der Waals surface area contributed by atoms with E-state index in [9.17, 15) is 19.5 Å². The number of rotatable bonds is 3. The first-order valence-corrected chi connectivity index (χ1v) is 8.86. The number of carbonyl (C=O) groups excluding carboxylic acids is 2. The fraction of sp³-hybridized carbons (Fsp3) is 0.286. The second-order valence-corrected chi connectivity index (χ2v) is 7.00. The molecule has 1 N–H and O–H groups in total. The lowest BCUT2D eigenvalue weighted by molar-refractivity contribution is -0.131. The average Bonchev–Trinajstić information content (AvgIpc) is 3.25. The normalized spacial score (nSPS) is 26.9. The molecule has 3 aliphatic rings. The number of carboxylic acid groups (broad SMARTS) is 1. The third-order valence-electron chi connectivity index (χ3n) is 5.44. The Morgan fingerprint density at radius 1 is 1.36 bits per heavy atom. The van der Waals surface area contributed by atoms with Crippen LogP contribution in [-0.2, 0) is 20.7 Å². The molecule has 7 heteroatoms. The van der Waals surface area contributed by atoms with Crippen LogP contribution in [-0.4, -0.2) is 45.6 Å². The Kier molecular flexibility index (Phi) is 4.19. The summed E-state index contributed by atoms with van der Waals surface area (Å²) in [6, 6.07) is 6.96. The highest BCUT2D eigenvalue weighted by Gasteiger charge is 2.52. The Balaban J connectivity index is 1.65. The van der Waals surface area contributed by atoms with Crippen LogP contribution >= 0.6 is 0 Å². The van der Waals surface area contributed by atoms with E-state index in [0.717, 1.165) is 16.0 Å². The summed E-state index contributed by atoms with van der Waals surface area (Å²) in [4.78, 5) is 38.9. The maximum absolute atomic E-state index is 12.8. The van der Waals surface area contributed by atoms with Gasteiger partial charge in [0.1, 0.15) is 0 Å². The van der Waals surface area contributed by atoms with Gasteiger partial charge < -0.3 is 9.84 Å². The fourth-order valence-electron chi connectivity index (χ4n) is 4.17. The number of carbonyl (C=O) groups is 3. The Hall–Kier alpha value is -3.53. The second kappa shape index (κ2) is 6.57. The Morgan fingerprint density at radius 3 is 2.82 bits per heavy atom. The predicted molar refractivity (Wildman–Crippen MR) is 98.5 cm³/mol. The molecule has 0 aromatic heterocycles. The van der Waals surface area contributed by atoms with E-state index in [1.165, 1.54) is 11.2 Å². The van der Waals surface area contributed by atoms with Crippen molar-refractivity contribution in [2.45, 2.75) is 25.6 Å². The molecule has 3 atom stereocenters. The lowest BCUT2D eigenvalue weighted by atomic mass is 9.97. The average molecular weight is 378 g/mol. The Bertz CT molecular complexity index is 987. The maximum atomic E-state index is 12.8. The maximum Gasteiger partial charge on any atom is 0.414 e. The summed E-state index contributed by atoms with van der Waals surface area (Å²) in [5.41, 5.74) is 2.65. The fourth-order valence-corrected chi connectivity index (χ4v) is 4.17. The van der Waals surface area contributed by atoms with Crippen LogP contribution in [0.5, 0.6) is 0 Å². The molecule has 3 amide bonds. The van der Waals surface area contributed by atoms with Crippen LogP contribution in [0.25, 0.3) is 0 Å². The lowest BCUT2D eigenvalue weighted by Gasteiger charge is -2.22. The number of nitrogens with zero attached hydrogens (tertiary/aromatic N) is 2. The van der Waals surface area contributed by atoms with Crippen molar-refractivity contribution in [1.82, 2.24) is 9.80 Å². The highest BCUT2D eigenvalue weighted by Crippen LogP contribution is 2.49. The summed E-state index contributed by atoms with van der Waals surface area (Å²) in [6.45, 7) is 1.74. The molecule has 1 fully saturated rings. The molecule has 0 saturated carbocycles. The third kappa shape index (κ3) is 2.57. The van der Waals surface area contributed by atoms with Crippen molar-refractivity contribution in [1.29, 1.82) is 0 Å². The van der Waals surface area contributed by atoms with Crippen LogP contribution in [0.15, 0.2) is 47.7 Å². The van der Waals surface area contributed by atoms with E-state index in [4.69, 9.17) is 11.2 Å². The van der Waals surface area contributed by atoms with Crippen LogP contribution < -0.4 is 0 Å². The largest absolute Gasteiger partial charge is 0.474 e. The first kappa shape index (κ1) is 17.9. The molecular weight excluding hydrogens is 360 g/mol. The van der Waals surface area contributed by atoms with E-state index < -0.39 is 24.3 Å². The number of hydrogen-bond donors (Lipinski definition) is 1. The molecule has 28 heavy (non-hydrogen) atoms. The standard InChI is InChI=1S/C21H18N2O5/c1-3-8-22-17(9-12(2)19(22)24)28-11-16-15-10-13-6-4-5-7-14(13)18(15)23(20(16)25)21(26)27/h1,4-7,9,11,15,17-18H,8,10H2,2H3,(H,26,27)/b16-11+. The van der Waals surface area contributed by atoms with Gasteiger partial charge in [0.2, 0.25) is 0 Å². The minimum absolute atomic E-state index is 0.0766. The molecule has 1 aliphatic carbocycles. The van der Waals surface area contributed by atoms with Crippen molar-refractivity contribution in [3.05, 3.63) is 58.9 Å². The lowest BCUT2D eigenvalue weighted by Crippen LogP contribution is -2.36. The van der Waals surface area contributed by atoms with Gasteiger partial charge in [-0.3, -0.25) is 14.5 Å². The number of ether oxygens (including phenoxy) is 1. The number of fused-ring (bicyclic) bond motifs is 3. The van der Waals surface area contributed by atoms with Crippen molar-refractivity contribution in [2.75, 3.05) is 6.54 Å². The van der Waals surface area contributed by atoms with Gasteiger partial charge in [-0.1, -0.05) is 30.2 Å². The summed E-state index contributed by atoms with van der Waals surface area (Å²) in [5, 5.41) is 9.59. The highest BCUT2D eigenvalue weighted by molar-refractivity contribution is 6.05. The molecule has 0 bridgehead atoms. The number of likely N-dealkylation sites (tertiary alicyclic amines) is 1. The molecule has 3 unspecified atom stereocenters. The van der Waals surface area contributed by atoms with Crippen molar-refractivity contribution < 1.29 is 24.2 Å². The monoisotopic (exact) mass is 378 g/mol. The predicted octanol–water partition coefficient (Wildman–Crippen LogP) is 2.07. The number of imide groups is 1. The minimum atomic E-state index is -1.29. The molecule has 1 saturated heterocycles. The smallest absolute Gasteiger partial charge is 0.414 e. The van der Waals surface area contributed by atoms with Crippen molar-refractivity contribution in [3.63, 3.8) is 0 Å². The van der Waals surface area contributed by atoms with Crippen LogP contribution in [0.4, 0.5) is 4.79 Å². The van der Waals surface area contributed by atoms with Crippen LogP contribution in [0.3, 0.4) is 0 Å². The van der Waals surface area contributed by atoms with Crippen molar-refractivity contribution >= 4 is 17.9 Å². The van der Waals surface area contributed by atoms with Gasteiger partial charge in [0.15, 0.2) is 6.23 Å². The van der Waals surface area contributed by atoms with E-state index in [1.54, 1.807) is 13.0 Å². The zero-order valence-corrected chi connectivity index (χ0v) is 15.2. The number of hydrogen-bond acceptors (Lipinski definition) is 4. The van der Waals surface area contributed by atoms with E-state index in [2.05, 4.69) is 5.92 Å².